The topological polar surface area (TPSA) is 58.6 Å². The molecule has 1 amide bonds. The Balaban J connectivity index is 1.65. The average molecular weight is 372 g/mol. The number of carbonyl (C=O) groups excluding carboxylic acids is 1. The Bertz CT molecular complexity index is 798. The summed E-state index contributed by atoms with van der Waals surface area (Å²) >= 11 is 1.49. The first kappa shape index (κ1) is 17.4. The highest BCUT2D eigenvalue weighted by Crippen LogP contribution is 2.30. The van der Waals surface area contributed by atoms with Gasteiger partial charge in [-0.2, -0.15) is 0 Å². The number of nitrogens with zero attached hydrogens (tertiary/aromatic N) is 4. The van der Waals surface area contributed by atoms with Crippen LogP contribution in [0.25, 0.3) is 0 Å². The number of amides is 1. The number of fused-ring (bicyclic) bond motifs is 1. The van der Waals surface area contributed by atoms with Gasteiger partial charge in [-0.25, -0.2) is 9.97 Å². The lowest BCUT2D eigenvalue weighted by Gasteiger charge is -2.38. The Hall–Kier alpha value is -1.99. The molecule has 0 aliphatic carbocycles. The average Bonchev–Trinajstić information content (AvgIpc) is 3.13. The van der Waals surface area contributed by atoms with E-state index in [1.807, 2.05) is 29.3 Å². The molecule has 0 N–H and O–H groups in total. The van der Waals surface area contributed by atoms with Crippen LogP contribution in [-0.4, -0.2) is 52.6 Å². The van der Waals surface area contributed by atoms with Crippen LogP contribution >= 0.6 is 11.3 Å². The zero-order chi connectivity index (χ0) is 18.3. The van der Waals surface area contributed by atoms with Crippen molar-refractivity contribution in [2.75, 3.05) is 24.5 Å². The zero-order valence-electron chi connectivity index (χ0n) is 15.4. The van der Waals surface area contributed by atoms with Crippen LogP contribution in [-0.2, 0) is 17.7 Å². The molecule has 0 spiro atoms. The number of morpholine rings is 1. The fraction of sp³-hybridized carbons (Fsp3) is 0.526. The van der Waals surface area contributed by atoms with Crippen molar-refractivity contribution in [2.24, 2.45) is 0 Å². The van der Waals surface area contributed by atoms with Crippen LogP contribution in [0.15, 0.2) is 17.5 Å². The number of thiophene rings is 1. The van der Waals surface area contributed by atoms with Gasteiger partial charge in [0.2, 0.25) is 0 Å². The van der Waals surface area contributed by atoms with E-state index in [0.717, 1.165) is 47.3 Å². The third-order valence-electron chi connectivity index (χ3n) is 4.89. The van der Waals surface area contributed by atoms with Crippen LogP contribution in [0.3, 0.4) is 0 Å². The maximum atomic E-state index is 12.8. The highest BCUT2D eigenvalue weighted by Gasteiger charge is 2.30. The second kappa shape index (κ2) is 6.96. The van der Waals surface area contributed by atoms with E-state index in [1.165, 1.54) is 11.3 Å². The molecule has 2 aromatic rings. The fourth-order valence-corrected chi connectivity index (χ4v) is 4.55. The molecule has 4 heterocycles. The molecular weight excluding hydrogens is 348 g/mol. The predicted molar refractivity (Wildman–Crippen MR) is 102 cm³/mol. The second-order valence-electron chi connectivity index (χ2n) is 7.14. The Kier molecular flexibility index (Phi) is 4.67. The first-order chi connectivity index (χ1) is 12.5. The summed E-state index contributed by atoms with van der Waals surface area (Å²) < 4.78 is 5.87. The number of ether oxygens (including phenoxy) is 1. The lowest BCUT2D eigenvalue weighted by atomic mass is 10.0. The molecule has 2 aromatic heterocycles. The molecule has 0 bridgehead atoms. The van der Waals surface area contributed by atoms with Crippen molar-refractivity contribution < 1.29 is 9.53 Å². The zero-order valence-corrected chi connectivity index (χ0v) is 16.3. The molecule has 0 unspecified atom stereocenters. The van der Waals surface area contributed by atoms with Crippen molar-refractivity contribution in [3.63, 3.8) is 0 Å². The Morgan fingerprint density at radius 1 is 1.27 bits per heavy atom. The number of aryl methyl sites for hydroxylation is 1. The third-order valence-corrected chi connectivity index (χ3v) is 5.75. The van der Waals surface area contributed by atoms with E-state index in [-0.39, 0.29) is 18.1 Å². The maximum absolute atomic E-state index is 12.8. The lowest BCUT2D eigenvalue weighted by molar-refractivity contribution is -0.00560. The highest BCUT2D eigenvalue weighted by molar-refractivity contribution is 7.12. The molecule has 6 nitrogen and oxygen atoms in total. The smallest absolute Gasteiger partial charge is 0.264 e. The van der Waals surface area contributed by atoms with Crippen LogP contribution in [0.2, 0.25) is 0 Å². The Morgan fingerprint density at radius 2 is 2.04 bits per heavy atom. The van der Waals surface area contributed by atoms with E-state index >= 15 is 0 Å². The molecule has 26 heavy (non-hydrogen) atoms. The number of anilines is 1. The van der Waals surface area contributed by atoms with Crippen LogP contribution in [0.5, 0.6) is 0 Å². The van der Waals surface area contributed by atoms with E-state index in [1.54, 1.807) is 0 Å². The number of carbonyl (C=O) groups is 1. The number of hydrogen-bond donors (Lipinski definition) is 0. The van der Waals surface area contributed by atoms with Gasteiger partial charge in [0.25, 0.3) is 5.91 Å². The molecule has 1 fully saturated rings. The molecular formula is C19H24N4O2S. The van der Waals surface area contributed by atoms with Gasteiger partial charge in [-0.1, -0.05) is 6.07 Å². The molecule has 1 saturated heterocycles. The maximum Gasteiger partial charge on any atom is 0.264 e. The Labute approximate surface area is 157 Å². The van der Waals surface area contributed by atoms with Gasteiger partial charge >= 0.3 is 0 Å². The van der Waals surface area contributed by atoms with E-state index < -0.39 is 0 Å². The van der Waals surface area contributed by atoms with Crippen LogP contribution in [0, 0.1) is 6.92 Å². The molecule has 2 aliphatic rings. The standard InChI is InChI=1S/C19H24N4O2S/c1-12-9-23(10-13(2)25-12)18-15-11-22(19(24)17-5-4-8-26-17)7-6-16(15)20-14(3)21-18/h4-5,8,12-13H,6-7,9-11H2,1-3H3/t12-,13+. The summed E-state index contributed by atoms with van der Waals surface area (Å²) in [6.07, 6.45) is 1.10. The lowest BCUT2D eigenvalue weighted by Crippen LogP contribution is -2.47. The quantitative estimate of drug-likeness (QED) is 0.811. The van der Waals surface area contributed by atoms with E-state index in [4.69, 9.17) is 9.72 Å². The summed E-state index contributed by atoms with van der Waals surface area (Å²) in [6, 6.07) is 3.81. The van der Waals surface area contributed by atoms with Gasteiger partial charge in [0.15, 0.2) is 0 Å². The largest absolute Gasteiger partial charge is 0.372 e. The summed E-state index contributed by atoms with van der Waals surface area (Å²) in [4.78, 5) is 27.2. The summed E-state index contributed by atoms with van der Waals surface area (Å²) in [5.74, 6) is 1.86. The third kappa shape index (κ3) is 3.33. The Morgan fingerprint density at radius 3 is 2.73 bits per heavy atom. The molecule has 0 aromatic carbocycles. The van der Waals surface area contributed by atoms with E-state index in [9.17, 15) is 4.79 Å². The molecule has 7 heteroatoms. The van der Waals surface area contributed by atoms with Crippen LogP contribution in [0.4, 0.5) is 5.82 Å². The monoisotopic (exact) mass is 372 g/mol. The van der Waals surface area contributed by atoms with Crippen LogP contribution < -0.4 is 4.90 Å². The molecule has 2 atom stereocenters. The summed E-state index contributed by atoms with van der Waals surface area (Å²) in [7, 11) is 0. The van der Waals surface area contributed by atoms with E-state index in [0.29, 0.717) is 13.1 Å². The number of hydrogen-bond acceptors (Lipinski definition) is 6. The molecule has 4 rings (SSSR count). The summed E-state index contributed by atoms with van der Waals surface area (Å²) in [6.45, 7) is 9.03. The van der Waals surface area contributed by atoms with Gasteiger partial charge in [-0.3, -0.25) is 4.79 Å². The first-order valence-electron chi connectivity index (χ1n) is 9.11. The van der Waals surface area contributed by atoms with Gasteiger partial charge in [-0.05, 0) is 32.2 Å². The molecule has 0 radical (unpaired) electrons. The van der Waals surface area contributed by atoms with E-state index in [2.05, 4.69) is 23.7 Å². The second-order valence-corrected chi connectivity index (χ2v) is 8.08. The van der Waals surface area contributed by atoms with Crippen molar-refractivity contribution in [1.29, 1.82) is 0 Å². The van der Waals surface area contributed by atoms with Crippen molar-refractivity contribution in [3.05, 3.63) is 39.5 Å². The summed E-state index contributed by atoms with van der Waals surface area (Å²) in [5, 5.41) is 1.94. The normalized spacial score (nSPS) is 23.0. The fourth-order valence-electron chi connectivity index (χ4n) is 3.86. The molecule has 0 saturated carbocycles. The van der Waals surface area contributed by atoms with Gasteiger partial charge in [-0.15, -0.1) is 11.3 Å². The minimum Gasteiger partial charge on any atom is -0.372 e. The van der Waals surface area contributed by atoms with Gasteiger partial charge in [0.05, 0.1) is 29.3 Å². The first-order valence-corrected chi connectivity index (χ1v) is 9.99. The van der Waals surface area contributed by atoms with Crippen LogP contribution in [0.1, 0.15) is 40.6 Å². The highest BCUT2D eigenvalue weighted by atomic mass is 32.1. The number of aromatic nitrogens is 2. The summed E-state index contributed by atoms with van der Waals surface area (Å²) in [5.41, 5.74) is 2.17. The molecule has 138 valence electrons. The number of rotatable bonds is 2. The molecule has 2 aliphatic heterocycles. The minimum absolute atomic E-state index is 0.0980. The van der Waals surface area contributed by atoms with Crippen molar-refractivity contribution in [3.8, 4) is 0 Å². The SMILES string of the molecule is Cc1nc2c(c(N3C[C@@H](C)O[C@@H](C)C3)n1)CN(C(=O)c1cccs1)CC2. The van der Waals surface area contributed by atoms with Crippen molar-refractivity contribution >= 4 is 23.1 Å². The van der Waals surface area contributed by atoms with Crippen molar-refractivity contribution in [2.45, 2.75) is 45.9 Å². The van der Waals surface area contributed by atoms with Gasteiger partial charge in [0, 0.05) is 31.6 Å². The minimum atomic E-state index is 0.0980. The van der Waals surface area contributed by atoms with Gasteiger partial charge in [0.1, 0.15) is 11.6 Å². The predicted octanol–water partition coefficient (Wildman–Crippen LogP) is 2.66. The van der Waals surface area contributed by atoms with Gasteiger partial charge < -0.3 is 14.5 Å². The van der Waals surface area contributed by atoms with Crippen molar-refractivity contribution in [1.82, 2.24) is 14.9 Å².